The maximum atomic E-state index is 5.23. The molecule has 0 aliphatic heterocycles. The molecule has 0 bridgehead atoms. The summed E-state index contributed by atoms with van der Waals surface area (Å²) in [7, 11) is 0. The number of unbranched alkanes of at least 4 members (excludes halogenated alkanes) is 2. The molecule has 0 fully saturated rings. The van der Waals surface area contributed by atoms with Crippen LogP contribution in [0, 0.1) is 0 Å². The van der Waals surface area contributed by atoms with E-state index in [1.807, 2.05) is 0 Å². The third-order valence-corrected chi connectivity index (χ3v) is 0.908. The van der Waals surface area contributed by atoms with Crippen LogP contribution in [0.3, 0.4) is 0 Å². The molecule has 108 valence electrons. The summed E-state index contributed by atoms with van der Waals surface area (Å²) in [6, 6.07) is 0. The molecule has 0 spiro atoms. The van der Waals surface area contributed by atoms with Crippen LogP contribution in [0.2, 0.25) is 0 Å². The van der Waals surface area contributed by atoms with Crippen molar-refractivity contribution >= 4 is 0 Å². The minimum absolute atomic E-state index is 0. The summed E-state index contributed by atoms with van der Waals surface area (Å²) in [4.78, 5) is 0. The van der Waals surface area contributed by atoms with Crippen LogP contribution in [0.15, 0.2) is 0 Å². The smallest absolute Gasteiger partial charge is 1.00 e. The average molecular weight is 668 g/mol. The van der Waals surface area contributed by atoms with E-state index in [2.05, 4.69) is 0 Å². The molecule has 0 saturated carbocycles. The molecule has 15 heavy (non-hydrogen) atoms. The maximum absolute atomic E-state index is 5.23. The number of hydrogen-bond acceptors (Lipinski definition) is 4. The summed E-state index contributed by atoms with van der Waals surface area (Å²) in [5.41, 5.74) is 10.5. The van der Waals surface area contributed by atoms with Gasteiger partial charge in [-0.2, -0.15) is 0 Å². The Labute approximate surface area is 147 Å². The Morgan fingerprint density at radius 2 is 0.733 bits per heavy atom. The van der Waals surface area contributed by atoms with Crippen molar-refractivity contribution in [3.63, 3.8) is 0 Å². The van der Waals surface area contributed by atoms with Crippen LogP contribution in [0.1, 0.15) is 19.3 Å². The van der Waals surface area contributed by atoms with Gasteiger partial charge in [0.2, 0.25) is 0 Å². The molecule has 10 heteroatoms. The Morgan fingerprint density at radius 3 is 0.867 bits per heavy atom. The van der Waals surface area contributed by atoms with Crippen molar-refractivity contribution in [2.24, 2.45) is 11.5 Å². The molecule has 0 heterocycles. The summed E-state index contributed by atoms with van der Waals surface area (Å²) in [5.74, 6) is 0. The van der Waals surface area contributed by atoms with E-state index < -0.39 is 0 Å². The van der Waals surface area contributed by atoms with E-state index in [1.165, 1.54) is 6.42 Å². The summed E-state index contributed by atoms with van der Waals surface area (Å²) in [6.45, 7) is 1.61. The van der Waals surface area contributed by atoms with Crippen LogP contribution in [-0.4, -0.2) is 13.1 Å². The molecule has 0 aromatic rings. The first-order valence-corrected chi connectivity index (χ1v) is 2.82. The number of hydrogen-bond donors (Lipinski definition) is 4. The SMILES string of the molecule is N.N.NCCCCCN.[Cl-].[Cl-].[Cl-].[Cl-].[Pt+2].[Pt+2]. The van der Waals surface area contributed by atoms with Gasteiger partial charge in [0.1, 0.15) is 0 Å². The zero-order chi connectivity index (χ0) is 5.54. The first-order valence-electron chi connectivity index (χ1n) is 2.82. The van der Waals surface area contributed by atoms with Crippen LogP contribution in [-0.2, 0) is 42.1 Å². The fourth-order valence-electron chi connectivity index (χ4n) is 0.465. The van der Waals surface area contributed by atoms with Crippen molar-refractivity contribution in [1.82, 2.24) is 12.3 Å². The summed E-state index contributed by atoms with van der Waals surface area (Å²) in [5, 5.41) is 0. The molecule has 10 N–H and O–H groups in total. The Morgan fingerprint density at radius 1 is 0.533 bits per heavy atom. The number of nitrogens with two attached hydrogens (primary N) is 2. The van der Waals surface area contributed by atoms with Gasteiger partial charge >= 0.3 is 42.1 Å². The van der Waals surface area contributed by atoms with Gasteiger partial charge in [-0.15, -0.1) is 0 Å². The van der Waals surface area contributed by atoms with Crippen molar-refractivity contribution in [3.8, 4) is 0 Å². The molecule has 4 nitrogen and oxygen atoms in total. The predicted octanol–water partition coefficient (Wildman–Crippen LogP) is -11.6. The summed E-state index contributed by atoms with van der Waals surface area (Å²) >= 11 is 0. The van der Waals surface area contributed by atoms with E-state index in [4.69, 9.17) is 11.5 Å². The average Bonchev–Trinajstić information content (AvgIpc) is 1.69. The monoisotopic (exact) mass is 666 g/mol. The third-order valence-electron chi connectivity index (χ3n) is 0.908. The second-order valence-corrected chi connectivity index (χ2v) is 1.64. The first-order chi connectivity index (χ1) is 3.41. The first kappa shape index (κ1) is 66.4. The van der Waals surface area contributed by atoms with E-state index in [0.717, 1.165) is 25.9 Å². The van der Waals surface area contributed by atoms with Crippen molar-refractivity contribution in [2.75, 3.05) is 13.1 Å². The number of rotatable bonds is 4. The number of halogens is 4. The van der Waals surface area contributed by atoms with Gasteiger partial charge in [0.25, 0.3) is 0 Å². The zero-order valence-corrected chi connectivity index (χ0v) is 15.8. The Hall–Kier alpha value is 2.38. The van der Waals surface area contributed by atoms with Gasteiger partial charge in [0.05, 0.1) is 0 Å². The van der Waals surface area contributed by atoms with Gasteiger partial charge in [0.15, 0.2) is 0 Å². The normalized spacial score (nSPS) is 4.40. The van der Waals surface area contributed by atoms with E-state index >= 15 is 0 Å². The second kappa shape index (κ2) is 71.2. The van der Waals surface area contributed by atoms with Crippen LogP contribution >= 0.6 is 0 Å². The molecule has 0 rings (SSSR count). The summed E-state index contributed by atoms with van der Waals surface area (Å²) < 4.78 is 0. The second-order valence-electron chi connectivity index (χ2n) is 1.64. The minimum Gasteiger partial charge on any atom is -1.00 e. The largest absolute Gasteiger partial charge is 2.00 e. The zero-order valence-electron chi connectivity index (χ0n) is 8.25. The minimum atomic E-state index is 0. The van der Waals surface area contributed by atoms with Crippen LogP contribution < -0.4 is 73.4 Å². The standard InChI is InChI=1S/C5H14N2.4ClH.2H3N.2Pt/c6-4-2-1-3-5-7;;;;;;;;/h1-7H2;4*1H;2*1H3;;/q;;;;;;;2*+2/p-4. The van der Waals surface area contributed by atoms with Gasteiger partial charge in [-0.25, -0.2) is 0 Å². The Kier molecular flexibility index (Phi) is 315. The van der Waals surface area contributed by atoms with E-state index in [0.29, 0.717) is 0 Å². The third kappa shape index (κ3) is 83.2. The maximum Gasteiger partial charge on any atom is 2.00 e. The molecule has 0 aliphatic rings. The molecule has 0 aromatic heterocycles. The van der Waals surface area contributed by atoms with E-state index in [1.54, 1.807) is 0 Å². The molecule has 0 aliphatic carbocycles. The topological polar surface area (TPSA) is 122 Å². The molecule has 0 atom stereocenters. The van der Waals surface area contributed by atoms with Crippen molar-refractivity contribution in [1.29, 1.82) is 0 Å². The van der Waals surface area contributed by atoms with Crippen molar-refractivity contribution in [3.05, 3.63) is 0 Å². The molecule has 0 saturated heterocycles. The van der Waals surface area contributed by atoms with Crippen LogP contribution in [0.5, 0.6) is 0 Å². The Balaban J connectivity index is -0.00000000643. The van der Waals surface area contributed by atoms with E-state index in [9.17, 15) is 0 Å². The van der Waals surface area contributed by atoms with Crippen LogP contribution in [0.25, 0.3) is 0 Å². The predicted molar refractivity (Wildman–Crippen MR) is 42.0 cm³/mol. The fraction of sp³-hybridized carbons (Fsp3) is 1.00. The van der Waals surface area contributed by atoms with Crippen LogP contribution in [0.4, 0.5) is 0 Å². The van der Waals surface area contributed by atoms with Crippen molar-refractivity contribution in [2.45, 2.75) is 19.3 Å². The van der Waals surface area contributed by atoms with Gasteiger partial charge < -0.3 is 73.4 Å². The van der Waals surface area contributed by atoms with Crippen molar-refractivity contribution < 1.29 is 91.8 Å². The molecular formula is C5H20Cl4N4Pt2. The molecular weight excluding hydrogens is 648 g/mol. The van der Waals surface area contributed by atoms with Gasteiger partial charge in [-0.1, -0.05) is 6.42 Å². The van der Waals surface area contributed by atoms with Gasteiger partial charge in [-0.05, 0) is 25.9 Å². The van der Waals surface area contributed by atoms with Gasteiger partial charge in [0, 0.05) is 0 Å². The molecule has 0 radical (unpaired) electrons. The molecule has 0 unspecified atom stereocenters. The van der Waals surface area contributed by atoms with Gasteiger partial charge in [-0.3, -0.25) is 0 Å². The van der Waals surface area contributed by atoms with E-state index in [-0.39, 0.29) is 104 Å². The molecule has 0 aromatic carbocycles. The molecule has 0 amide bonds. The Bertz CT molecular complexity index is 48.2. The fourth-order valence-corrected chi connectivity index (χ4v) is 0.465. The summed E-state index contributed by atoms with van der Waals surface area (Å²) in [6.07, 6.45) is 3.43. The quantitative estimate of drug-likeness (QED) is 0.223.